The van der Waals surface area contributed by atoms with Gasteiger partial charge in [-0.2, -0.15) is 0 Å². The van der Waals surface area contributed by atoms with Crippen LogP contribution in [-0.2, 0) is 4.79 Å². The van der Waals surface area contributed by atoms with Crippen LogP contribution in [0.1, 0.15) is 29.6 Å². The molecule has 0 atom stereocenters. The number of benzene rings is 1. The molecule has 1 fully saturated rings. The van der Waals surface area contributed by atoms with E-state index in [1.807, 2.05) is 0 Å². The predicted molar refractivity (Wildman–Crippen MR) is 64.5 cm³/mol. The van der Waals surface area contributed by atoms with E-state index in [4.69, 9.17) is 0 Å². The number of Topliss-reactive ketones (excluding diaryl/α,β-unsaturated/α-hetero) is 1. The molecular formula is C13H15NO4. The number of phenols is 2. The molecule has 1 amide bonds. The SMILES string of the molecule is O=C1CCCN(C(=O)c2cc(O)cc(O)c2)CC1. The molecule has 1 aromatic rings. The maximum absolute atomic E-state index is 12.2. The van der Waals surface area contributed by atoms with Crippen LogP contribution < -0.4 is 0 Å². The second-order valence-corrected chi connectivity index (χ2v) is 4.42. The van der Waals surface area contributed by atoms with Crippen LogP contribution in [0.3, 0.4) is 0 Å². The molecule has 1 aliphatic heterocycles. The number of aromatic hydroxyl groups is 2. The van der Waals surface area contributed by atoms with Crippen molar-refractivity contribution in [2.45, 2.75) is 19.3 Å². The van der Waals surface area contributed by atoms with Crippen molar-refractivity contribution < 1.29 is 19.8 Å². The fourth-order valence-electron chi connectivity index (χ4n) is 2.07. The lowest BCUT2D eigenvalue weighted by atomic mass is 10.1. The van der Waals surface area contributed by atoms with Gasteiger partial charge in [-0.15, -0.1) is 0 Å². The second-order valence-electron chi connectivity index (χ2n) is 4.42. The van der Waals surface area contributed by atoms with Crippen molar-refractivity contribution >= 4 is 11.7 Å². The van der Waals surface area contributed by atoms with Crippen molar-refractivity contribution in [2.75, 3.05) is 13.1 Å². The minimum atomic E-state index is -0.268. The Bertz CT molecular complexity index is 464. The zero-order chi connectivity index (χ0) is 13.1. The first-order valence-electron chi connectivity index (χ1n) is 5.90. The summed E-state index contributed by atoms with van der Waals surface area (Å²) in [6, 6.07) is 3.80. The van der Waals surface area contributed by atoms with Gasteiger partial charge in [0.25, 0.3) is 5.91 Å². The summed E-state index contributed by atoms with van der Waals surface area (Å²) in [4.78, 5) is 25.0. The number of rotatable bonds is 1. The number of carbonyl (C=O) groups excluding carboxylic acids is 2. The first-order chi connectivity index (χ1) is 8.56. The highest BCUT2D eigenvalue weighted by Gasteiger charge is 2.20. The molecular weight excluding hydrogens is 234 g/mol. The van der Waals surface area contributed by atoms with Gasteiger partial charge in [0, 0.05) is 37.6 Å². The van der Waals surface area contributed by atoms with Gasteiger partial charge >= 0.3 is 0 Å². The standard InChI is InChI=1S/C13H15NO4/c15-10-2-1-4-14(5-3-10)13(18)9-6-11(16)8-12(17)7-9/h6-8,16-17H,1-5H2. The van der Waals surface area contributed by atoms with Gasteiger partial charge in [0.05, 0.1) is 0 Å². The molecule has 5 nitrogen and oxygen atoms in total. The molecule has 96 valence electrons. The summed E-state index contributed by atoms with van der Waals surface area (Å²) in [5, 5.41) is 18.7. The van der Waals surface area contributed by atoms with Crippen LogP contribution in [-0.4, -0.2) is 39.9 Å². The quantitative estimate of drug-likeness (QED) is 0.786. The first kappa shape index (κ1) is 12.4. The Morgan fingerprint density at radius 3 is 2.39 bits per heavy atom. The summed E-state index contributed by atoms with van der Waals surface area (Å²) in [7, 11) is 0. The van der Waals surface area contributed by atoms with E-state index in [0.29, 0.717) is 32.4 Å². The van der Waals surface area contributed by atoms with Crippen molar-refractivity contribution in [3.8, 4) is 11.5 Å². The van der Waals surface area contributed by atoms with E-state index in [0.717, 1.165) is 0 Å². The normalized spacial score (nSPS) is 16.4. The van der Waals surface area contributed by atoms with Gasteiger partial charge in [-0.3, -0.25) is 9.59 Å². The number of hydrogen-bond acceptors (Lipinski definition) is 4. The summed E-state index contributed by atoms with van der Waals surface area (Å²) in [5.74, 6) is -0.395. The number of ketones is 1. The predicted octanol–water partition coefficient (Wildman–Crippen LogP) is 1.29. The average molecular weight is 249 g/mol. The van der Waals surface area contributed by atoms with Crippen LogP contribution in [0, 0.1) is 0 Å². The molecule has 0 aliphatic carbocycles. The highest BCUT2D eigenvalue weighted by atomic mass is 16.3. The fourth-order valence-corrected chi connectivity index (χ4v) is 2.07. The van der Waals surface area contributed by atoms with Crippen molar-refractivity contribution in [1.29, 1.82) is 0 Å². The first-order valence-corrected chi connectivity index (χ1v) is 5.90. The maximum atomic E-state index is 12.2. The topological polar surface area (TPSA) is 77.8 Å². The van der Waals surface area contributed by atoms with Crippen molar-refractivity contribution in [2.24, 2.45) is 0 Å². The third kappa shape index (κ3) is 2.80. The van der Waals surface area contributed by atoms with E-state index in [1.165, 1.54) is 18.2 Å². The van der Waals surface area contributed by atoms with Crippen LogP contribution in [0.25, 0.3) is 0 Å². The maximum Gasteiger partial charge on any atom is 0.254 e. The Labute approximate surface area is 105 Å². The molecule has 0 radical (unpaired) electrons. The summed E-state index contributed by atoms with van der Waals surface area (Å²) in [6.45, 7) is 0.926. The fraction of sp³-hybridized carbons (Fsp3) is 0.385. The summed E-state index contributed by atoms with van der Waals surface area (Å²) >= 11 is 0. The van der Waals surface area contributed by atoms with Gasteiger partial charge in [-0.25, -0.2) is 0 Å². The molecule has 0 spiro atoms. The van der Waals surface area contributed by atoms with Crippen LogP contribution in [0.5, 0.6) is 11.5 Å². The Hall–Kier alpha value is -2.04. The number of amides is 1. The van der Waals surface area contributed by atoms with E-state index >= 15 is 0 Å². The molecule has 1 heterocycles. The summed E-state index contributed by atoms with van der Waals surface area (Å²) in [5.41, 5.74) is 0.238. The molecule has 5 heteroatoms. The number of hydrogen-bond donors (Lipinski definition) is 2. The molecule has 1 aliphatic rings. The van der Waals surface area contributed by atoms with Crippen LogP contribution in [0.4, 0.5) is 0 Å². The van der Waals surface area contributed by atoms with Crippen molar-refractivity contribution in [3.63, 3.8) is 0 Å². The van der Waals surface area contributed by atoms with E-state index in [9.17, 15) is 19.8 Å². The van der Waals surface area contributed by atoms with E-state index in [1.54, 1.807) is 4.90 Å². The van der Waals surface area contributed by atoms with Crippen LogP contribution in [0.15, 0.2) is 18.2 Å². The molecule has 2 rings (SSSR count). The Morgan fingerprint density at radius 2 is 1.72 bits per heavy atom. The molecule has 0 saturated carbocycles. The van der Waals surface area contributed by atoms with Gasteiger partial charge in [0.15, 0.2) is 0 Å². The Morgan fingerprint density at radius 1 is 1.06 bits per heavy atom. The van der Waals surface area contributed by atoms with Gasteiger partial charge in [-0.1, -0.05) is 0 Å². The largest absolute Gasteiger partial charge is 0.508 e. The minimum Gasteiger partial charge on any atom is -0.508 e. The van der Waals surface area contributed by atoms with Gasteiger partial charge in [-0.05, 0) is 18.6 Å². The van der Waals surface area contributed by atoms with Crippen LogP contribution >= 0.6 is 0 Å². The molecule has 0 unspecified atom stereocenters. The van der Waals surface area contributed by atoms with Gasteiger partial charge in [0.1, 0.15) is 17.3 Å². The average Bonchev–Trinajstić information content (AvgIpc) is 2.52. The van der Waals surface area contributed by atoms with Gasteiger partial charge in [0.2, 0.25) is 0 Å². The zero-order valence-corrected chi connectivity index (χ0v) is 9.93. The highest BCUT2D eigenvalue weighted by molar-refractivity contribution is 5.95. The molecule has 2 N–H and O–H groups in total. The summed E-state index contributed by atoms with van der Waals surface area (Å²) in [6.07, 6.45) is 1.54. The van der Waals surface area contributed by atoms with Crippen molar-refractivity contribution in [1.82, 2.24) is 4.90 Å². The number of nitrogens with zero attached hydrogens (tertiary/aromatic N) is 1. The van der Waals surface area contributed by atoms with Crippen molar-refractivity contribution in [3.05, 3.63) is 23.8 Å². The Kier molecular flexibility index (Phi) is 3.50. The Balaban J connectivity index is 2.17. The molecule has 1 saturated heterocycles. The van der Waals surface area contributed by atoms with Gasteiger partial charge < -0.3 is 15.1 Å². The third-order valence-electron chi connectivity index (χ3n) is 2.98. The number of likely N-dealkylation sites (tertiary alicyclic amines) is 1. The molecule has 0 aromatic heterocycles. The molecule has 1 aromatic carbocycles. The second kappa shape index (κ2) is 5.08. The molecule has 0 bridgehead atoms. The lowest BCUT2D eigenvalue weighted by molar-refractivity contribution is -0.118. The highest BCUT2D eigenvalue weighted by Crippen LogP contribution is 2.22. The minimum absolute atomic E-state index is 0.149. The summed E-state index contributed by atoms with van der Waals surface area (Å²) < 4.78 is 0. The van der Waals surface area contributed by atoms with E-state index in [2.05, 4.69) is 0 Å². The number of carbonyl (C=O) groups is 2. The zero-order valence-electron chi connectivity index (χ0n) is 9.93. The van der Waals surface area contributed by atoms with E-state index < -0.39 is 0 Å². The lowest BCUT2D eigenvalue weighted by Crippen LogP contribution is -2.32. The lowest BCUT2D eigenvalue weighted by Gasteiger charge is -2.20. The third-order valence-corrected chi connectivity index (χ3v) is 2.98. The van der Waals surface area contributed by atoms with E-state index in [-0.39, 0.29) is 28.8 Å². The molecule has 18 heavy (non-hydrogen) atoms. The van der Waals surface area contributed by atoms with Crippen LogP contribution in [0.2, 0.25) is 0 Å². The smallest absolute Gasteiger partial charge is 0.254 e. The monoisotopic (exact) mass is 249 g/mol. The number of phenolic OH excluding ortho intramolecular Hbond substituents is 2.